The van der Waals surface area contributed by atoms with Crippen LogP contribution in [0.15, 0.2) is 60.7 Å². The first kappa shape index (κ1) is 13.3. The van der Waals surface area contributed by atoms with Crippen molar-refractivity contribution in [1.82, 2.24) is 0 Å². The fourth-order valence-electron chi connectivity index (χ4n) is 1.64. The SMILES string of the molecule is C[C@@H](OCc1ccccc1)C(=O)Nc1ccccc1. The van der Waals surface area contributed by atoms with E-state index < -0.39 is 6.10 Å². The average Bonchev–Trinajstić information content (AvgIpc) is 2.47. The number of carbonyl (C=O) groups excluding carboxylic acids is 1. The Morgan fingerprint density at radius 2 is 1.63 bits per heavy atom. The molecule has 0 saturated heterocycles. The van der Waals surface area contributed by atoms with Crippen LogP contribution in [0.4, 0.5) is 5.69 Å². The van der Waals surface area contributed by atoms with Crippen LogP contribution in [0, 0.1) is 0 Å². The second-order valence-electron chi connectivity index (χ2n) is 4.29. The van der Waals surface area contributed by atoms with Crippen LogP contribution in [0.1, 0.15) is 12.5 Å². The van der Waals surface area contributed by atoms with Crippen LogP contribution >= 0.6 is 0 Å². The maximum absolute atomic E-state index is 11.9. The fourth-order valence-corrected chi connectivity index (χ4v) is 1.64. The highest BCUT2D eigenvalue weighted by molar-refractivity contribution is 5.93. The van der Waals surface area contributed by atoms with E-state index in [1.165, 1.54) is 0 Å². The summed E-state index contributed by atoms with van der Waals surface area (Å²) in [5.41, 5.74) is 1.84. The summed E-state index contributed by atoms with van der Waals surface area (Å²) in [5.74, 6) is -0.137. The Morgan fingerprint density at radius 1 is 1.05 bits per heavy atom. The van der Waals surface area contributed by atoms with E-state index in [1.54, 1.807) is 6.92 Å². The largest absolute Gasteiger partial charge is 0.364 e. The molecule has 0 radical (unpaired) electrons. The molecule has 3 nitrogen and oxygen atoms in total. The Balaban J connectivity index is 1.83. The average molecular weight is 255 g/mol. The molecule has 0 spiro atoms. The lowest BCUT2D eigenvalue weighted by Crippen LogP contribution is -2.27. The molecule has 0 fully saturated rings. The van der Waals surface area contributed by atoms with Crippen LogP contribution in [0.5, 0.6) is 0 Å². The van der Waals surface area contributed by atoms with Crippen LogP contribution < -0.4 is 5.32 Å². The molecule has 19 heavy (non-hydrogen) atoms. The van der Waals surface area contributed by atoms with Gasteiger partial charge in [0.25, 0.3) is 5.91 Å². The number of benzene rings is 2. The zero-order valence-corrected chi connectivity index (χ0v) is 10.9. The van der Waals surface area contributed by atoms with Crippen molar-refractivity contribution in [2.75, 3.05) is 5.32 Å². The number of hydrogen-bond acceptors (Lipinski definition) is 2. The van der Waals surface area contributed by atoms with Gasteiger partial charge in [-0.1, -0.05) is 48.5 Å². The van der Waals surface area contributed by atoms with E-state index in [1.807, 2.05) is 60.7 Å². The van der Waals surface area contributed by atoms with Gasteiger partial charge in [0.2, 0.25) is 0 Å². The number of hydrogen-bond donors (Lipinski definition) is 1. The second kappa shape index (κ2) is 6.71. The number of amides is 1. The molecule has 0 saturated carbocycles. The summed E-state index contributed by atoms with van der Waals surface area (Å²) in [6.07, 6.45) is -0.486. The molecule has 0 unspecified atom stereocenters. The van der Waals surface area contributed by atoms with Crippen molar-refractivity contribution < 1.29 is 9.53 Å². The molecule has 0 aromatic heterocycles. The lowest BCUT2D eigenvalue weighted by Gasteiger charge is -2.13. The van der Waals surface area contributed by atoms with Crippen molar-refractivity contribution in [1.29, 1.82) is 0 Å². The van der Waals surface area contributed by atoms with Crippen LogP contribution in [-0.2, 0) is 16.1 Å². The molecule has 0 heterocycles. The molecule has 0 bridgehead atoms. The summed E-state index contributed by atoms with van der Waals surface area (Å²) in [4.78, 5) is 11.9. The molecule has 3 heteroatoms. The first-order valence-electron chi connectivity index (χ1n) is 6.27. The standard InChI is InChI=1S/C16H17NO2/c1-13(19-12-14-8-4-2-5-9-14)16(18)17-15-10-6-3-7-11-15/h2-11,13H,12H2,1H3,(H,17,18)/t13-/m1/s1. The Hall–Kier alpha value is -2.13. The highest BCUT2D eigenvalue weighted by Gasteiger charge is 2.13. The van der Waals surface area contributed by atoms with Crippen LogP contribution in [0.25, 0.3) is 0 Å². The van der Waals surface area contributed by atoms with E-state index in [4.69, 9.17) is 4.74 Å². The number of carbonyl (C=O) groups is 1. The molecular formula is C16H17NO2. The summed E-state index contributed by atoms with van der Waals surface area (Å²) in [7, 11) is 0. The van der Waals surface area contributed by atoms with Crippen LogP contribution in [0.2, 0.25) is 0 Å². The number of anilines is 1. The molecule has 2 rings (SSSR count). The monoisotopic (exact) mass is 255 g/mol. The van der Waals surface area contributed by atoms with Crippen molar-refractivity contribution >= 4 is 11.6 Å². The third-order valence-corrected chi connectivity index (χ3v) is 2.75. The summed E-state index contributed by atoms with van der Waals surface area (Å²) < 4.78 is 5.55. The minimum Gasteiger partial charge on any atom is -0.364 e. The van der Waals surface area contributed by atoms with Gasteiger partial charge in [-0.25, -0.2) is 0 Å². The second-order valence-corrected chi connectivity index (χ2v) is 4.29. The van der Waals surface area contributed by atoms with Gasteiger partial charge in [0.15, 0.2) is 0 Å². The predicted molar refractivity (Wildman–Crippen MR) is 75.8 cm³/mol. The lowest BCUT2D eigenvalue weighted by molar-refractivity contribution is -0.127. The van der Waals surface area contributed by atoms with Gasteiger partial charge in [-0.3, -0.25) is 4.79 Å². The molecule has 1 atom stereocenters. The first-order chi connectivity index (χ1) is 9.25. The quantitative estimate of drug-likeness (QED) is 0.890. The molecule has 1 amide bonds. The maximum Gasteiger partial charge on any atom is 0.253 e. The molecule has 0 aliphatic carbocycles. The van der Waals surface area contributed by atoms with E-state index in [-0.39, 0.29) is 5.91 Å². The van der Waals surface area contributed by atoms with Crippen molar-refractivity contribution in [2.45, 2.75) is 19.6 Å². The van der Waals surface area contributed by atoms with Gasteiger partial charge >= 0.3 is 0 Å². The van der Waals surface area contributed by atoms with Gasteiger partial charge in [0.1, 0.15) is 6.10 Å². The fraction of sp³-hybridized carbons (Fsp3) is 0.188. The van der Waals surface area contributed by atoms with Crippen molar-refractivity contribution in [3.8, 4) is 0 Å². The van der Waals surface area contributed by atoms with Crippen LogP contribution in [0.3, 0.4) is 0 Å². The molecule has 0 aliphatic heterocycles. The Kier molecular flexibility index (Phi) is 4.70. The summed E-state index contributed by atoms with van der Waals surface area (Å²) in [6, 6.07) is 19.2. The van der Waals surface area contributed by atoms with E-state index in [9.17, 15) is 4.79 Å². The van der Waals surface area contributed by atoms with Crippen LogP contribution in [-0.4, -0.2) is 12.0 Å². The summed E-state index contributed by atoms with van der Waals surface area (Å²) in [5, 5.41) is 2.81. The minimum absolute atomic E-state index is 0.137. The number of para-hydroxylation sites is 1. The lowest BCUT2D eigenvalue weighted by atomic mass is 10.2. The van der Waals surface area contributed by atoms with Crippen molar-refractivity contribution in [3.05, 3.63) is 66.2 Å². The molecule has 2 aromatic rings. The Morgan fingerprint density at radius 3 is 2.26 bits per heavy atom. The van der Waals surface area contributed by atoms with Gasteiger partial charge in [0, 0.05) is 5.69 Å². The first-order valence-corrected chi connectivity index (χ1v) is 6.27. The normalized spacial score (nSPS) is 11.8. The summed E-state index contributed by atoms with van der Waals surface area (Å²) in [6.45, 7) is 2.19. The third-order valence-electron chi connectivity index (χ3n) is 2.75. The number of rotatable bonds is 5. The van der Waals surface area contributed by atoms with Gasteiger partial charge in [-0.05, 0) is 24.6 Å². The smallest absolute Gasteiger partial charge is 0.253 e. The predicted octanol–water partition coefficient (Wildman–Crippen LogP) is 3.23. The van der Waals surface area contributed by atoms with Gasteiger partial charge in [0.05, 0.1) is 6.61 Å². The zero-order chi connectivity index (χ0) is 13.5. The van der Waals surface area contributed by atoms with E-state index in [0.29, 0.717) is 6.61 Å². The zero-order valence-electron chi connectivity index (χ0n) is 10.9. The number of ether oxygens (including phenoxy) is 1. The van der Waals surface area contributed by atoms with Gasteiger partial charge in [-0.15, -0.1) is 0 Å². The maximum atomic E-state index is 11.9. The highest BCUT2D eigenvalue weighted by atomic mass is 16.5. The van der Waals surface area contributed by atoms with Crippen molar-refractivity contribution in [2.24, 2.45) is 0 Å². The molecule has 98 valence electrons. The van der Waals surface area contributed by atoms with E-state index >= 15 is 0 Å². The van der Waals surface area contributed by atoms with Gasteiger partial charge < -0.3 is 10.1 Å². The minimum atomic E-state index is -0.486. The topological polar surface area (TPSA) is 38.3 Å². The van der Waals surface area contributed by atoms with E-state index in [2.05, 4.69) is 5.32 Å². The summed E-state index contributed by atoms with van der Waals surface area (Å²) >= 11 is 0. The van der Waals surface area contributed by atoms with E-state index in [0.717, 1.165) is 11.3 Å². The van der Waals surface area contributed by atoms with Crippen molar-refractivity contribution in [3.63, 3.8) is 0 Å². The Bertz CT molecular complexity index is 511. The third kappa shape index (κ3) is 4.23. The highest BCUT2D eigenvalue weighted by Crippen LogP contribution is 2.08. The molecule has 0 aliphatic rings. The molecule has 1 N–H and O–H groups in total. The number of nitrogens with one attached hydrogen (secondary N) is 1. The molecular weight excluding hydrogens is 238 g/mol. The Labute approximate surface area is 113 Å². The molecule has 2 aromatic carbocycles. The van der Waals surface area contributed by atoms with Gasteiger partial charge in [-0.2, -0.15) is 0 Å².